The number of carbonyl (C=O) groups excluding carboxylic acids is 1. The second-order valence-corrected chi connectivity index (χ2v) is 5.38. The number of rotatable bonds is 7. The van der Waals surface area contributed by atoms with Crippen molar-refractivity contribution in [1.29, 1.82) is 0 Å². The molecule has 0 aliphatic carbocycles. The lowest BCUT2D eigenvalue weighted by atomic mass is 9.98. The first-order valence-electron chi connectivity index (χ1n) is 7.68. The number of benzene rings is 2. The minimum Gasteiger partial charge on any atom is -0.493 e. The summed E-state index contributed by atoms with van der Waals surface area (Å²) in [6.07, 6.45) is 1.59. The zero-order chi connectivity index (χ0) is 19.3. The van der Waals surface area contributed by atoms with Gasteiger partial charge in [0.25, 0.3) is 5.69 Å². The summed E-state index contributed by atoms with van der Waals surface area (Å²) in [5.74, 6) is 1.03. The van der Waals surface area contributed by atoms with Crippen LogP contribution in [0.4, 0.5) is 5.69 Å². The molecule has 0 radical (unpaired) electrons. The highest BCUT2D eigenvalue weighted by Gasteiger charge is 2.17. The average Bonchev–Trinajstić information content (AvgIpc) is 2.64. The number of non-ortho nitro benzene ring substituents is 1. The number of hydrogen-bond donors (Lipinski definition) is 0. The van der Waals surface area contributed by atoms with Crippen molar-refractivity contribution in [3.8, 4) is 17.2 Å². The maximum atomic E-state index is 12.2. The predicted octanol–water partition coefficient (Wildman–Crippen LogP) is 3.75. The lowest BCUT2D eigenvalue weighted by molar-refractivity contribution is -0.384. The van der Waals surface area contributed by atoms with Gasteiger partial charge in [-0.3, -0.25) is 14.9 Å². The Hall–Kier alpha value is -3.35. The van der Waals surface area contributed by atoms with Crippen molar-refractivity contribution >= 4 is 23.1 Å². The molecule has 0 N–H and O–H groups in total. The van der Waals surface area contributed by atoms with Gasteiger partial charge in [-0.2, -0.15) is 0 Å². The summed E-state index contributed by atoms with van der Waals surface area (Å²) in [7, 11) is 4.46. The van der Waals surface area contributed by atoms with Gasteiger partial charge in [0.2, 0.25) is 5.75 Å². The van der Waals surface area contributed by atoms with E-state index in [1.807, 2.05) is 0 Å². The largest absolute Gasteiger partial charge is 0.493 e. The minimum absolute atomic E-state index is 0.0495. The van der Waals surface area contributed by atoms with Crippen LogP contribution in [0.3, 0.4) is 0 Å². The van der Waals surface area contributed by atoms with Gasteiger partial charge in [0, 0.05) is 17.7 Å². The van der Waals surface area contributed by atoms with Gasteiger partial charge in [-0.25, -0.2) is 0 Å². The first-order valence-corrected chi connectivity index (χ1v) is 7.68. The number of allylic oxidation sites excluding steroid dienone is 1. The Morgan fingerprint density at radius 1 is 1.04 bits per heavy atom. The molecule has 0 aliphatic rings. The van der Waals surface area contributed by atoms with E-state index in [1.165, 1.54) is 40.4 Å². The first-order chi connectivity index (χ1) is 12.4. The number of methoxy groups -OCH3 is 3. The molecule has 2 aromatic carbocycles. The number of hydrogen-bond acceptors (Lipinski definition) is 6. The molecule has 26 heavy (non-hydrogen) atoms. The van der Waals surface area contributed by atoms with Gasteiger partial charge >= 0.3 is 0 Å². The topological polar surface area (TPSA) is 87.9 Å². The van der Waals surface area contributed by atoms with Gasteiger partial charge in [-0.15, -0.1) is 0 Å². The highest BCUT2D eigenvalue weighted by Crippen LogP contribution is 2.40. The van der Waals surface area contributed by atoms with Crippen molar-refractivity contribution in [2.24, 2.45) is 0 Å². The Balaban J connectivity index is 2.62. The normalized spacial score (nSPS) is 11.0. The summed E-state index contributed by atoms with van der Waals surface area (Å²) in [6, 6.07) is 9.37. The molecule has 0 saturated carbocycles. The lowest BCUT2D eigenvalue weighted by Gasteiger charge is -2.15. The van der Waals surface area contributed by atoms with Crippen LogP contribution in [0.15, 0.2) is 36.4 Å². The Bertz CT molecular complexity index is 847. The third-order valence-corrected chi connectivity index (χ3v) is 3.75. The summed E-state index contributed by atoms with van der Waals surface area (Å²) >= 11 is 0. The molecule has 0 fully saturated rings. The van der Waals surface area contributed by atoms with Crippen LogP contribution in [0.2, 0.25) is 0 Å². The molecule has 7 nitrogen and oxygen atoms in total. The van der Waals surface area contributed by atoms with Gasteiger partial charge < -0.3 is 14.2 Å². The van der Waals surface area contributed by atoms with Crippen LogP contribution in [-0.2, 0) is 4.79 Å². The monoisotopic (exact) mass is 357 g/mol. The summed E-state index contributed by atoms with van der Waals surface area (Å²) in [4.78, 5) is 22.7. The predicted molar refractivity (Wildman–Crippen MR) is 97.7 cm³/mol. The maximum absolute atomic E-state index is 12.2. The van der Waals surface area contributed by atoms with E-state index in [0.29, 0.717) is 33.9 Å². The second kappa shape index (κ2) is 8.15. The molecular weight excluding hydrogens is 338 g/mol. The van der Waals surface area contributed by atoms with Gasteiger partial charge in [0.05, 0.1) is 26.3 Å². The molecule has 0 spiro atoms. The van der Waals surface area contributed by atoms with E-state index in [-0.39, 0.29) is 11.5 Å². The third-order valence-electron chi connectivity index (χ3n) is 3.75. The first kappa shape index (κ1) is 19.0. The molecule has 2 rings (SSSR count). The Morgan fingerprint density at radius 3 is 2.12 bits per heavy atom. The molecule has 0 atom stereocenters. The van der Waals surface area contributed by atoms with E-state index in [2.05, 4.69) is 0 Å². The SMILES string of the molecule is COc1cc(/C(=C\c2cccc([N+](=O)[O-])c2)C(C)=O)cc(OC)c1OC. The minimum atomic E-state index is -0.482. The fraction of sp³-hybridized carbons (Fsp3) is 0.211. The quantitative estimate of drug-likeness (QED) is 0.324. The molecule has 7 heteroatoms. The summed E-state index contributed by atoms with van der Waals surface area (Å²) in [5.41, 5.74) is 1.41. The summed E-state index contributed by atoms with van der Waals surface area (Å²) < 4.78 is 15.9. The highest BCUT2D eigenvalue weighted by atomic mass is 16.6. The van der Waals surface area contributed by atoms with Crippen LogP contribution in [-0.4, -0.2) is 32.0 Å². The Morgan fingerprint density at radius 2 is 1.65 bits per heavy atom. The van der Waals surface area contributed by atoms with E-state index in [4.69, 9.17) is 14.2 Å². The average molecular weight is 357 g/mol. The van der Waals surface area contributed by atoms with Crippen LogP contribution in [0, 0.1) is 10.1 Å². The Labute approximate surface area is 151 Å². The molecule has 0 aliphatic heterocycles. The van der Waals surface area contributed by atoms with Crippen LogP contribution >= 0.6 is 0 Å². The number of ketones is 1. The van der Waals surface area contributed by atoms with Crippen LogP contribution in [0.5, 0.6) is 17.2 Å². The van der Waals surface area contributed by atoms with Crippen LogP contribution in [0.1, 0.15) is 18.1 Å². The molecule has 0 saturated heterocycles. The van der Waals surface area contributed by atoms with Crippen molar-refractivity contribution < 1.29 is 23.9 Å². The second-order valence-electron chi connectivity index (χ2n) is 5.38. The standard InChI is InChI=1S/C19H19NO6/c1-12(21)16(9-13-6-5-7-15(8-13)20(22)23)14-10-17(24-2)19(26-4)18(11-14)25-3/h5-11H,1-4H3/b16-9-. The van der Waals surface area contributed by atoms with E-state index in [1.54, 1.807) is 30.3 Å². The van der Waals surface area contributed by atoms with Crippen molar-refractivity contribution in [3.63, 3.8) is 0 Å². The smallest absolute Gasteiger partial charge is 0.270 e. The van der Waals surface area contributed by atoms with E-state index < -0.39 is 4.92 Å². The Kier molecular flexibility index (Phi) is 5.95. The summed E-state index contributed by atoms with van der Waals surface area (Å²) in [5, 5.41) is 11.0. The van der Waals surface area contributed by atoms with E-state index in [9.17, 15) is 14.9 Å². The lowest BCUT2D eigenvalue weighted by Crippen LogP contribution is -2.00. The summed E-state index contributed by atoms with van der Waals surface area (Å²) in [6.45, 7) is 1.42. The van der Waals surface area contributed by atoms with Gasteiger partial charge in [-0.1, -0.05) is 12.1 Å². The molecule has 0 aromatic heterocycles. The van der Waals surface area contributed by atoms with E-state index in [0.717, 1.165) is 0 Å². The number of nitro groups is 1. The van der Waals surface area contributed by atoms with Crippen molar-refractivity contribution in [2.45, 2.75) is 6.92 Å². The number of ether oxygens (including phenoxy) is 3. The number of nitro benzene ring substituents is 1. The fourth-order valence-corrected chi connectivity index (χ4v) is 2.52. The number of nitrogens with zero attached hydrogens (tertiary/aromatic N) is 1. The molecule has 2 aromatic rings. The maximum Gasteiger partial charge on any atom is 0.270 e. The van der Waals surface area contributed by atoms with Crippen molar-refractivity contribution in [3.05, 3.63) is 57.6 Å². The zero-order valence-electron chi connectivity index (χ0n) is 14.9. The van der Waals surface area contributed by atoms with Crippen LogP contribution in [0.25, 0.3) is 11.6 Å². The molecular formula is C19H19NO6. The number of Topliss-reactive ketones (excluding diaryl/α,β-unsaturated/α-hetero) is 1. The van der Waals surface area contributed by atoms with E-state index >= 15 is 0 Å². The molecule has 0 unspecified atom stereocenters. The van der Waals surface area contributed by atoms with Gasteiger partial charge in [0.15, 0.2) is 17.3 Å². The molecule has 0 amide bonds. The highest BCUT2D eigenvalue weighted by molar-refractivity contribution is 6.24. The van der Waals surface area contributed by atoms with Crippen LogP contribution < -0.4 is 14.2 Å². The van der Waals surface area contributed by atoms with Crippen molar-refractivity contribution in [2.75, 3.05) is 21.3 Å². The zero-order valence-corrected chi connectivity index (χ0v) is 14.9. The number of carbonyl (C=O) groups is 1. The molecule has 136 valence electrons. The van der Waals surface area contributed by atoms with Crippen molar-refractivity contribution in [1.82, 2.24) is 0 Å². The van der Waals surface area contributed by atoms with Gasteiger partial charge in [0.1, 0.15) is 0 Å². The third kappa shape index (κ3) is 4.00. The molecule has 0 bridgehead atoms. The van der Waals surface area contributed by atoms with Gasteiger partial charge in [-0.05, 0) is 36.3 Å². The fourth-order valence-electron chi connectivity index (χ4n) is 2.52. The molecule has 0 heterocycles.